The number of hydrogen-bond donors (Lipinski definition) is 3. The Morgan fingerprint density at radius 3 is 2.58 bits per heavy atom. The van der Waals surface area contributed by atoms with Crippen molar-refractivity contribution in [2.24, 2.45) is 0 Å². The Labute approximate surface area is 142 Å². The van der Waals surface area contributed by atoms with E-state index in [9.17, 15) is 9.59 Å². The molecule has 1 heterocycles. The fourth-order valence-electron chi connectivity index (χ4n) is 2.41. The lowest BCUT2D eigenvalue weighted by Crippen LogP contribution is -2.16. The zero-order chi connectivity index (χ0) is 16.9. The van der Waals surface area contributed by atoms with Crippen molar-refractivity contribution in [2.75, 3.05) is 5.32 Å². The summed E-state index contributed by atoms with van der Waals surface area (Å²) in [6.45, 7) is 0. The van der Waals surface area contributed by atoms with Crippen molar-refractivity contribution in [3.8, 4) is 0 Å². The number of thiophene rings is 1. The van der Waals surface area contributed by atoms with E-state index in [-0.39, 0.29) is 5.91 Å². The van der Waals surface area contributed by atoms with Crippen LogP contribution < -0.4 is 10.8 Å². The average molecular weight is 340 g/mol. The third-order valence-electron chi connectivity index (χ3n) is 3.61. The second-order valence-electron chi connectivity index (χ2n) is 5.34. The molecule has 3 rings (SSSR count). The van der Waals surface area contributed by atoms with E-state index >= 15 is 0 Å². The van der Waals surface area contributed by atoms with Gasteiger partial charge in [-0.15, -0.1) is 11.3 Å². The molecule has 0 spiro atoms. The van der Waals surface area contributed by atoms with Gasteiger partial charge >= 0.3 is 0 Å². The van der Waals surface area contributed by atoms with Crippen LogP contribution in [0.25, 0.3) is 10.1 Å². The third kappa shape index (κ3) is 3.79. The van der Waals surface area contributed by atoms with E-state index in [1.54, 1.807) is 17.6 Å². The molecule has 0 unspecified atom stereocenters. The summed E-state index contributed by atoms with van der Waals surface area (Å²) in [5, 5.41) is 12.4. The van der Waals surface area contributed by atoms with Crippen LogP contribution in [0.4, 0.5) is 5.69 Å². The van der Waals surface area contributed by atoms with Crippen LogP contribution in [0.15, 0.2) is 54.6 Å². The summed E-state index contributed by atoms with van der Waals surface area (Å²) < 4.78 is 0.913. The van der Waals surface area contributed by atoms with Crippen molar-refractivity contribution in [1.82, 2.24) is 5.48 Å². The molecule has 3 N–H and O–H groups in total. The number of rotatable bonds is 5. The normalized spacial score (nSPS) is 10.5. The monoisotopic (exact) mass is 340 g/mol. The summed E-state index contributed by atoms with van der Waals surface area (Å²) in [6, 6.07) is 17.0. The second-order valence-corrected chi connectivity index (χ2v) is 6.42. The highest BCUT2D eigenvalue weighted by atomic mass is 32.1. The smallest absolute Gasteiger partial charge is 0.284 e. The molecular weight excluding hydrogens is 324 g/mol. The van der Waals surface area contributed by atoms with Crippen LogP contribution in [0.5, 0.6) is 0 Å². The van der Waals surface area contributed by atoms with Gasteiger partial charge in [-0.3, -0.25) is 14.8 Å². The van der Waals surface area contributed by atoms with Gasteiger partial charge in [-0.05, 0) is 41.6 Å². The maximum atomic E-state index is 12.1. The van der Waals surface area contributed by atoms with Gasteiger partial charge in [-0.25, -0.2) is 5.48 Å². The van der Waals surface area contributed by atoms with Crippen molar-refractivity contribution in [2.45, 2.75) is 12.8 Å². The third-order valence-corrected chi connectivity index (χ3v) is 4.72. The number of benzene rings is 2. The number of anilines is 1. The van der Waals surface area contributed by atoms with Crippen molar-refractivity contribution >= 4 is 38.9 Å². The highest BCUT2D eigenvalue weighted by Crippen LogP contribution is 2.28. The van der Waals surface area contributed by atoms with Crippen LogP contribution in [0.3, 0.4) is 0 Å². The zero-order valence-electron chi connectivity index (χ0n) is 12.8. The van der Waals surface area contributed by atoms with E-state index in [4.69, 9.17) is 5.21 Å². The van der Waals surface area contributed by atoms with Gasteiger partial charge in [-0.2, -0.15) is 0 Å². The molecule has 0 aliphatic carbocycles. The summed E-state index contributed by atoms with van der Waals surface area (Å²) in [7, 11) is 0. The minimum atomic E-state index is -0.537. The van der Waals surface area contributed by atoms with Gasteiger partial charge in [0.05, 0.1) is 4.88 Å². The van der Waals surface area contributed by atoms with Crippen LogP contribution >= 0.6 is 11.3 Å². The SMILES string of the molecule is O=C(CCc1ccccc1)Nc1ccc2sc(C(=O)NO)cc2c1. The Bertz CT molecular complexity index is 874. The van der Waals surface area contributed by atoms with E-state index in [0.717, 1.165) is 15.6 Å². The Kier molecular flexibility index (Phi) is 4.88. The van der Waals surface area contributed by atoms with Crippen molar-refractivity contribution in [1.29, 1.82) is 0 Å². The van der Waals surface area contributed by atoms with Crippen LogP contribution in [-0.4, -0.2) is 17.0 Å². The van der Waals surface area contributed by atoms with Crippen LogP contribution in [0.2, 0.25) is 0 Å². The predicted octanol–water partition coefficient (Wildman–Crippen LogP) is 3.59. The Morgan fingerprint density at radius 2 is 1.83 bits per heavy atom. The molecule has 3 aromatic rings. The molecule has 1 aromatic heterocycles. The summed E-state index contributed by atoms with van der Waals surface area (Å²) >= 11 is 1.28. The van der Waals surface area contributed by atoms with Gasteiger partial charge in [0, 0.05) is 16.8 Å². The number of aryl methyl sites for hydroxylation is 1. The highest BCUT2D eigenvalue weighted by Gasteiger charge is 2.10. The Morgan fingerprint density at radius 1 is 1.04 bits per heavy atom. The lowest BCUT2D eigenvalue weighted by atomic mass is 10.1. The fraction of sp³-hybridized carbons (Fsp3) is 0.111. The molecule has 2 aromatic carbocycles. The molecule has 0 bridgehead atoms. The molecule has 0 fully saturated rings. The average Bonchev–Trinajstić information content (AvgIpc) is 3.03. The number of nitrogens with one attached hydrogen (secondary N) is 2. The molecule has 24 heavy (non-hydrogen) atoms. The van der Waals surface area contributed by atoms with E-state index < -0.39 is 5.91 Å². The number of carbonyl (C=O) groups excluding carboxylic acids is 2. The predicted molar refractivity (Wildman–Crippen MR) is 94.5 cm³/mol. The minimum absolute atomic E-state index is 0.0539. The van der Waals surface area contributed by atoms with E-state index in [2.05, 4.69) is 5.32 Å². The first-order valence-corrected chi connectivity index (χ1v) is 8.29. The largest absolute Gasteiger partial charge is 0.326 e. The van der Waals surface area contributed by atoms with E-state index in [0.29, 0.717) is 23.4 Å². The quantitative estimate of drug-likeness (QED) is 0.490. The molecule has 0 atom stereocenters. The number of carbonyl (C=O) groups is 2. The fourth-order valence-corrected chi connectivity index (χ4v) is 3.35. The number of amides is 2. The van der Waals surface area contributed by atoms with Crippen LogP contribution in [-0.2, 0) is 11.2 Å². The van der Waals surface area contributed by atoms with Crippen molar-refractivity contribution in [3.63, 3.8) is 0 Å². The van der Waals surface area contributed by atoms with E-state index in [1.807, 2.05) is 42.5 Å². The summed E-state index contributed by atoms with van der Waals surface area (Å²) in [4.78, 5) is 23.9. The lowest BCUT2D eigenvalue weighted by molar-refractivity contribution is -0.116. The van der Waals surface area contributed by atoms with Gasteiger partial charge in [0.1, 0.15) is 0 Å². The van der Waals surface area contributed by atoms with Gasteiger partial charge in [-0.1, -0.05) is 30.3 Å². The molecule has 6 heteroatoms. The minimum Gasteiger partial charge on any atom is -0.326 e. The Hall–Kier alpha value is -2.70. The molecule has 0 radical (unpaired) electrons. The van der Waals surface area contributed by atoms with Gasteiger partial charge < -0.3 is 5.32 Å². The summed E-state index contributed by atoms with van der Waals surface area (Å²) in [5.74, 6) is -0.591. The molecule has 0 saturated carbocycles. The molecule has 5 nitrogen and oxygen atoms in total. The second kappa shape index (κ2) is 7.25. The first-order valence-electron chi connectivity index (χ1n) is 7.47. The highest BCUT2D eigenvalue weighted by molar-refractivity contribution is 7.20. The molecule has 122 valence electrons. The molecule has 0 aliphatic rings. The number of hydroxylamine groups is 1. The standard InChI is InChI=1S/C18H16N2O3S/c21-17(9-6-12-4-2-1-3-5-12)19-14-7-8-15-13(10-14)11-16(24-15)18(22)20-23/h1-5,7-8,10-11,23H,6,9H2,(H,19,21)(H,20,22). The summed E-state index contributed by atoms with van der Waals surface area (Å²) in [6.07, 6.45) is 1.10. The number of fused-ring (bicyclic) bond motifs is 1. The Balaban J connectivity index is 1.66. The first-order chi connectivity index (χ1) is 11.7. The maximum Gasteiger partial charge on any atom is 0.284 e. The number of hydrogen-bond acceptors (Lipinski definition) is 4. The topological polar surface area (TPSA) is 78.4 Å². The molecule has 2 amide bonds. The van der Waals surface area contributed by atoms with E-state index in [1.165, 1.54) is 11.3 Å². The maximum absolute atomic E-state index is 12.1. The van der Waals surface area contributed by atoms with Crippen LogP contribution in [0, 0.1) is 0 Å². The van der Waals surface area contributed by atoms with Gasteiger partial charge in [0.15, 0.2) is 0 Å². The molecular formula is C18H16N2O3S. The molecule has 0 aliphatic heterocycles. The summed E-state index contributed by atoms with van der Waals surface area (Å²) in [5.41, 5.74) is 3.44. The lowest BCUT2D eigenvalue weighted by Gasteiger charge is -2.05. The van der Waals surface area contributed by atoms with Crippen LogP contribution in [0.1, 0.15) is 21.7 Å². The van der Waals surface area contributed by atoms with Gasteiger partial charge in [0.2, 0.25) is 5.91 Å². The first kappa shape index (κ1) is 16.2. The van der Waals surface area contributed by atoms with Gasteiger partial charge in [0.25, 0.3) is 5.91 Å². The van der Waals surface area contributed by atoms with Crippen molar-refractivity contribution in [3.05, 3.63) is 65.0 Å². The zero-order valence-corrected chi connectivity index (χ0v) is 13.6. The molecule has 0 saturated heterocycles. The van der Waals surface area contributed by atoms with Crippen molar-refractivity contribution < 1.29 is 14.8 Å².